The van der Waals surface area contributed by atoms with Crippen molar-refractivity contribution in [1.82, 2.24) is 0 Å². The zero-order valence-electron chi connectivity index (χ0n) is 32.8. The van der Waals surface area contributed by atoms with Crippen LogP contribution < -0.4 is 0 Å². The van der Waals surface area contributed by atoms with Crippen molar-refractivity contribution in [1.29, 1.82) is 0 Å². The Hall–Kier alpha value is -12.7. The summed E-state index contributed by atoms with van der Waals surface area (Å²) in [5, 5.41) is 36.5. The van der Waals surface area contributed by atoms with Crippen molar-refractivity contribution in [2.24, 2.45) is 0 Å². The number of terminal acetylenes is 1. The third kappa shape index (κ3) is 62.7. The van der Waals surface area contributed by atoms with Gasteiger partial charge in [-0.2, -0.15) is 0 Å². The Morgan fingerprint density at radius 1 is 0.224 bits per heavy atom. The topological polar surface area (TPSA) is 105 Å². The van der Waals surface area contributed by atoms with Crippen molar-refractivity contribution >= 4 is 0 Å². The molecule has 0 aliphatic heterocycles. The van der Waals surface area contributed by atoms with E-state index in [4.69, 9.17) is 16.9 Å². The molecule has 0 bridgehead atoms. The number of hydrogen-bond donors (Lipinski definition) is 2. The van der Waals surface area contributed by atoms with E-state index in [1.807, 2.05) is 0 Å². The van der Waals surface area contributed by atoms with Gasteiger partial charge in [-0.1, -0.05) is 13.3 Å². The van der Waals surface area contributed by atoms with Crippen molar-refractivity contribution < 1.29 is 117 Å². The van der Waals surface area contributed by atoms with Gasteiger partial charge in [-0.05, 0) is 137 Å². The summed E-state index contributed by atoms with van der Waals surface area (Å²) in [6, 6.07) is 0. The molecule has 396 valence electrons. The van der Waals surface area contributed by atoms with Crippen molar-refractivity contribution in [3.8, 4) is 332 Å². The zero-order chi connectivity index (χ0) is 47.8. The van der Waals surface area contributed by atoms with Gasteiger partial charge in [-0.15, -0.1) is 6.42 Å². The summed E-state index contributed by atoms with van der Waals surface area (Å²) in [5.74, 6) is 137. The molecule has 0 saturated heterocycles. The van der Waals surface area contributed by atoms with Crippen LogP contribution in [-0.2, 0) is 35.3 Å². The average Bonchev–Trinajstić information content (AvgIpc) is 3.33. The summed E-state index contributed by atoms with van der Waals surface area (Å²) in [4.78, 5) is 0. The molecule has 2 N–H and O–H groups in total. The fourth-order valence-electron chi connectivity index (χ4n) is 1.75. The summed E-state index contributed by atoms with van der Waals surface area (Å²) < 4.78 is 0. The van der Waals surface area contributed by atoms with Gasteiger partial charge in [0.15, 0.2) is 0 Å². The Labute approximate surface area is 465 Å². The Morgan fingerprint density at radius 3 is 0.463 bits per heavy atom. The first-order valence-corrected chi connectivity index (χ1v) is 15.7. The van der Waals surface area contributed by atoms with E-state index in [9.17, 15) is 0 Å². The molecule has 0 aromatic carbocycles. The predicted molar refractivity (Wildman–Crippen MR) is 350 cm³/mol. The van der Waals surface area contributed by atoms with Gasteiger partial charge in [0.05, 0.1) is 0 Å². The molecular formula is C58H110O9. The van der Waals surface area contributed by atoms with Crippen molar-refractivity contribution in [2.45, 2.75) is 14.4 Å². The van der Waals surface area contributed by atoms with Crippen LogP contribution in [0.2, 0.25) is 0 Å². The van der Waals surface area contributed by atoms with Crippen LogP contribution in [0.1, 0.15) is 85.7 Å². The van der Waals surface area contributed by atoms with E-state index < -0.39 is 0 Å². The van der Waals surface area contributed by atoms with E-state index in [2.05, 4.69) is 361 Å². The molecule has 0 radical (unpaired) electrons. The van der Waals surface area contributed by atoms with E-state index >= 15 is 0 Å². The Morgan fingerprint density at radius 2 is 0.343 bits per heavy atom. The van der Waals surface area contributed by atoms with Crippen LogP contribution in [0.4, 0.5) is 0 Å². The molecule has 0 amide bonds. The third-order valence-corrected chi connectivity index (χ3v) is 3.62. The first kappa shape index (κ1) is 58.6. The fraction of sp³-hybridized carbons (Fsp3) is 0.0345. The Kier molecular flexibility index (Phi) is 52.5. The minimum absolute atomic E-state index is 0. The summed E-state index contributed by atoms with van der Waals surface area (Å²) in [6.07, 6.45) is 4.94. The molecule has 0 unspecified atom stereocenters. The predicted octanol–water partition coefficient (Wildman–Crippen LogP) is 13.2. The van der Waals surface area contributed by atoms with Gasteiger partial charge in [0.2, 0.25) is 0 Å². The molecule has 0 saturated carbocycles. The highest BCUT2D eigenvalue weighted by Gasteiger charge is 1.90. The SMILES string of the molecule is C.C#CC#CC#CC#CC#CC#CC#CC#CC#CC#CC#CC#CC#CC#CC#CC#CC#CC#CC#CC#CC#CC#CC#CC#CC#CC#CC#CC#CC.OOOOOOOOO.[HH].[HH].[HH].[HH].[HH].[HH].[HH].[HH].[HH].[HH].[HH].[HH].[HH].[HH].[HH].[HH].[HH].[HH].[HH].[HH].[HH].[HH].[HH].[HH].[HH].[HH].[HH].[HH].[HH].[HH].[HH].[HH].[HH].[HH].[HH].[HH].[HH].[HH].[HH].[HH].[HH].[HH].[HH].[HH].[HH].[HH].[HH].[HH].[HH].[HH]. The van der Waals surface area contributed by atoms with Gasteiger partial charge in [0.1, 0.15) is 0 Å². The van der Waals surface area contributed by atoms with E-state index in [0.717, 1.165) is 0 Å². The van der Waals surface area contributed by atoms with Crippen LogP contribution in [0.3, 0.4) is 0 Å². The van der Waals surface area contributed by atoms with Crippen molar-refractivity contribution in [3.05, 3.63) is 0 Å². The van der Waals surface area contributed by atoms with E-state index in [-0.39, 0.29) is 78.8 Å². The normalized spacial score (nSPS) is 4.69. The highest BCUT2D eigenvalue weighted by molar-refractivity contribution is 5.51. The molecule has 0 fully saturated rings. The van der Waals surface area contributed by atoms with Gasteiger partial charge in [0, 0.05) is 296 Å². The maximum atomic E-state index is 7.32. The Bertz CT molecular complexity index is 3850. The second kappa shape index (κ2) is 60.0. The molecule has 0 rings (SSSR count). The molecule has 0 aliphatic rings. The lowest BCUT2D eigenvalue weighted by Crippen LogP contribution is -1.98. The monoisotopic (exact) mass is 951 g/mol. The van der Waals surface area contributed by atoms with Crippen LogP contribution in [-0.4, -0.2) is 10.5 Å². The second-order valence-corrected chi connectivity index (χ2v) is 7.51. The van der Waals surface area contributed by atoms with E-state index in [0.29, 0.717) is 0 Å². The van der Waals surface area contributed by atoms with E-state index in [1.165, 1.54) is 0 Å². The van der Waals surface area contributed by atoms with Gasteiger partial charge in [-0.25, -0.2) is 10.5 Å². The summed E-state index contributed by atoms with van der Waals surface area (Å²) in [6.45, 7) is 1.69. The highest BCUT2D eigenvalue weighted by atomic mass is 17.9. The fourth-order valence-corrected chi connectivity index (χ4v) is 1.75. The zero-order valence-corrected chi connectivity index (χ0v) is 32.8. The van der Waals surface area contributed by atoms with Gasteiger partial charge >= 0.3 is 0 Å². The second-order valence-electron chi connectivity index (χ2n) is 7.51. The molecular weight excluding hydrogens is 841 g/mol. The van der Waals surface area contributed by atoms with Gasteiger partial charge < -0.3 is 0 Å². The Balaban J connectivity index is -0.0000000126. The van der Waals surface area contributed by atoms with Crippen molar-refractivity contribution in [2.75, 3.05) is 0 Å². The van der Waals surface area contributed by atoms with Crippen molar-refractivity contribution in [3.63, 3.8) is 0 Å². The highest BCUT2D eigenvalue weighted by Crippen LogP contribution is 1.83. The maximum Gasteiger partial charge on any atom is 0 e. The third-order valence-electron chi connectivity index (χ3n) is 3.62. The average molecular weight is 952 g/mol. The summed E-state index contributed by atoms with van der Waals surface area (Å²) >= 11 is 0. The van der Waals surface area contributed by atoms with Crippen LogP contribution in [0.25, 0.3) is 0 Å². The summed E-state index contributed by atoms with van der Waals surface area (Å²) in [5.41, 5.74) is 0. The molecule has 9 nitrogen and oxygen atoms in total. The van der Waals surface area contributed by atoms with Crippen LogP contribution >= 0.6 is 0 Å². The first-order chi connectivity index (χ1) is 32.8. The number of hydrogen-bond acceptors (Lipinski definition) is 9. The van der Waals surface area contributed by atoms with Gasteiger partial charge in [-0.3, -0.25) is 0 Å². The maximum absolute atomic E-state index is 7.32. The smallest absolute Gasteiger partial charge is 0 e. The summed E-state index contributed by atoms with van der Waals surface area (Å²) in [7, 11) is 0. The lowest BCUT2D eigenvalue weighted by atomic mass is 10.4. The molecule has 0 aromatic heterocycles. The molecule has 0 aliphatic carbocycles. The lowest BCUT2D eigenvalue weighted by molar-refractivity contribution is -0.828. The number of rotatable bonds is 6. The van der Waals surface area contributed by atoms with Crippen LogP contribution in [0.5, 0.6) is 0 Å². The van der Waals surface area contributed by atoms with Crippen LogP contribution in [0, 0.1) is 332 Å². The largest absolute Gasteiger partial charge is 0.219 e. The molecule has 0 spiro atoms. The molecule has 9 heteroatoms. The quantitative estimate of drug-likeness (QED) is 0.117. The van der Waals surface area contributed by atoms with E-state index in [1.54, 1.807) is 6.92 Å². The molecule has 67 heavy (non-hydrogen) atoms. The standard InChI is InChI=1S/C57H4.CH4.H2O9.50H2/c1-3-5-7-9-11-13-15-17-19-21-23-25-27-29-31-33-35-37-39-41-43-45-47-49-51-53-55-57-56-54-52-50-48-46-44-42-40-38-36-34-32-30-28-26-24-22-20-18-16-14-12-10-8-6-4-2;;1-3-5-7-9-8-6-4-2;;;;;;;;;;;;;;;;;;;;;;;;;;;;;;;;;;;;;;;;;;;;;;;;;;/h1H,2H3;1H4;1-2H;50*1H. The lowest BCUT2D eigenvalue weighted by Gasteiger charge is -1.92. The minimum Gasteiger partial charge on any atom is -0.219 e. The molecule has 0 atom stereocenters. The minimum atomic E-state index is 0. The first-order valence-electron chi connectivity index (χ1n) is 15.7. The molecule has 0 aromatic rings. The van der Waals surface area contributed by atoms with Gasteiger partial charge in [0.25, 0.3) is 0 Å². The van der Waals surface area contributed by atoms with Crippen LogP contribution in [0.15, 0.2) is 0 Å². The molecule has 0 heterocycles.